The van der Waals surface area contributed by atoms with Crippen LogP contribution in [0, 0.1) is 0 Å². The van der Waals surface area contributed by atoms with Gasteiger partial charge in [0.1, 0.15) is 5.82 Å². The first kappa shape index (κ1) is 14.3. The molecule has 2 aliphatic heterocycles. The third-order valence-electron chi connectivity index (χ3n) is 4.60. The van der Waals surface area contributed by atoms with Crippen LogP contribution in [0.4, 0.5) is 5.82 Å². The van der Waals surface area contributed by atoms with Crippen LogP contribution in [0.25, 0.3) is 0 Å². The van der Waals surface area contributed by atoms with Crippen molar-refractivity contribution < 1.29 is 9.90 Å². The van der Waals surface area contributed by atoms with Crippen LogP contribution in [0.5, 0.6) is 0 Å². The van der Waals surface area contributed by atoms with Crippen molar-refractivity contribution in [3.8, 4) is 0 Å². The maximum Gasteiger partial charge on any atom is 0.219 e. The zero-order valence-electron chi connectivity index (χ0n) is 12.5. The van der Waals surface area contributed by atoms with Gasteiger partial charge in [0.2, 0.25) is 5.91 Å². The molecule has 0 radical (unpaired) electrons. The molecule has 2 aliphatic rings. The number of likely N-dealkylation sites (tertiary alicyclic amines) is 1. The number of carbonyl (C=O) groups excluding carboxylic acids is 1. The van der Waals surface area contributed by atoms with Crippen LogP contribution in [0.2, 0.25) is 0 Å². The maximum absolute atomic E-state index is 11.4. The quantitative estimate of drug-likeness (QED) is 0.893. The van der Waals surface area contributed by atoms with E-state index < -0.39 is 0 Å². The molecule has 21 heavy (non-hydrogen) atoms. The van der Waals surface area contributed by atoms with Crippen molar-refractivity contribution in [3.05, 3.63) is 23.9 Å². The van der Waals surface area contributed by atoms with Gasteiger partial charge in [-0.3, -0.25) is 4.79 Å². The lowest BCUT2D eigenvalue weighted by Gasteiger charge is -2.31. The molecule has 1 aromatic rings. The Kier molecular flexibility index (Phi) is 4.10. The van der Waals surface area contributed by atoms with Gasteiger partial charge in [-0.15, -0.1) is 0 Å². The summed E-state index contributed by atoms with van der Waals surface area (Å²) in [6.45, 7) is 4.85. The predicted molar refractivity (Wildman–Crippen MR) is 81.3 cm³/mol. The molecule has 5 heteroatoms. The molecule has 3 rings (SSSR count). The molecule has 1 atom stereocenters. The summed E-state index contributed by atoms with van der Waals surface area (Å²) in [5.74, 6) is 1.58. The number of aromatic nitrogens is 1. The third-order valence-corrected chi connectivity index (χ3v) is 4.60. The lowest BCUT2D eigenvalue weighted by atomic mass is 9.93. The summed E-state index contributed by atoms with van der Waals surface area (Å²) in [6.07, 6.45) is 2.56. The van der Waals surface area contributed by atoms with Gasteiger partial charge in [-0.1, -0.05) is 6.07 Å². The van der Waals surface area contributed by atoms with Crippen molar-refractivity contribution in [2.45, 2.75) is 38.2 Å². The molecule has 0 spiro atoms. The van der Waals surface area contributed by atoms with Crippen molar-refractivity contribution in [2.24, 2.45) is 0 Å². The number of hydrogen-bond donors (Lipinski definition) is 1. The summed E-state index contributed by atoms with van der Waals surface area (Å²) in [7, 11) is 0. The van der Waals surface area contributed by atoms with E-state index in [1.54, 1.807) is 6.92 Å². The van der Waals surface area contributed by atoms with E-state index in [-0.39, 0.29) is 12.0 Å². The minimum absolute atomic E-state index is 0.168. The van der Waals surface area contributed by atoms with Crippen LogP contribution >= 0.6 is 0 Å². The van der Waals surface area contributed by atoms with Gasteiger partial charge in [0, 0.05) is 44.7 Å². The van der Waals surface area contributed by atoms with Crippen LogP contribution in [0.1, 0.15) is 37.8 Å². The number of amides is 1. The van der Waals surface area contributed by atoms with Crippen molar-refractivity contribution >= 4 is 11.7 Å². The molecular formula is C16H23N3O2. The lowest BCUT2D eigenvalue weighted by Crippen LogP contribution is -2.36. The fourth-order valence-electron chi connectivity index (χ4n) is 3.28. The minimum atomic E-state index is -0.228. The van der Waals surface area contributed by atoms with Gasteiger partial charge in [-0.05, 0) is 31.4 Å². The Labute approximate surface area is 125 Å². The Morgan fingerprint density at radius 3 is 2.62 bits per heavy atom. The average molecular weight is 289 g/mol. The van der Waals surface area contributed by atoms with E-state index in [0.717, 1.165) is 50.4 Å². The molecule has 0 saturated carbocycles. The molecular weight excluding hydrogens is 266 g/mol. The molecule has 5 nitrogen and oxygen atoms in total. The summed E-state index contributed by atoms with van der Waals surface area (Å²) in [5, 5.41) is 9.65. The van der Waals surface area contributed by atoms with Gasteiger partial charge in [0.15, 0.2) is 0 Å². The second-order valence-corrected chi connectivity index (χ2v) is 6.09. The molecule has 2 saturated heterocycles. The highest BCUT2D eigenvalue weighted by Gasteiger charge is 2.25. The lowest BCUT2D eigenvalue weighted by molar-refractivity contribution is -0.129. The molecule has 3 heterocycles. The van der Waals surface area contributed by atoms with Gasteiger partial charge >= 0.3 is 0 Å². The monoisotopic (exact) mass is 289 g/mol. The van der Waals surface area contributed by atoms with Gasteiger partial charge in [0.25, 0.3) is 0 Å². The van der Waals surface area contributed by atoms with E-state index in [9.17, 15) is 9.90 Å². The van der Waals surface area contributed by atoms with Crippen LogP contribution in [-0.4, -0.2) is 53.2 Å². The zero-order chi connectivity index (χ0) is 14.8. The van der Waals surface area contributed by atoms with Crippen molar-refractivity contribution in [1.29, 1.82) is 0 Å². The standard InChI is InChI=1S/C16H23N3O2/c1-12(20)18-8-5-13(6-9-18)15-3-2-4-16(17-15)19-10-7-14(21)11-19/h2-4,13-14,21H,5-11H2,1H3/t14-/m1/s1. The van der Waals surface area contributed by atoms with Crippen molar-refractivity contribution in [2.75, 3.05) is 31.1 Å². The maximum atomic E-state index is 11.4. The van der Waals surface area contributed by atoms with Crippen LogP contribution < -0.4 is 4.90 Å². The molecule has 0 aromatic carbocycles. The summed E-state index contributed by atoms with van der Waals surface area (Å²) >= 11 is 0. The summed E-state index contributed by atoms with van der Waals surface area (Å²) in [5.41, 5.74) is 1.12. The molecule has 2 fully saturated rings. The highest BCUT2D eigenvalue weighted by atomic mass is 16.3. The van der Waals surface area contributed by atoms with Crippen molar-refractivity contribution in [3.63, 3.8) is 0 Å². The van der Waals surface area contributed by atoms with E-state index in [1.807, 2.05) is 11.0 Å². The summed E-state index contributed by atoms with van der Waals surface area (Å²) < 4.78 is 0. The first-order valence-electron chi connectivity index (χ1n) is 7.79. The minimum Gasteiger partial charge on any atom is -0.391 e. The number of aliphatic hydroxyl groups is 1. The van der Waals surface area contributed by atoms with E-state index in [4.69, 9.17) is 4.98 Å². The van der Waals surface area contributed by atoms with Gasteiger partial charge in [0.05, 0.1) is 6.10 Å². The Hall–Kier alpha value is -1.62. The van der Waals surface area contributed by atoms with Crippen LogP contribution in [-0.2, 0) is 4.79 Å². The molecule has 0 aliphatic carbocycles. The predicted octanol–water partition coefficient (Wildman–Crippen LogP) is 1.38. The van der Waals surface area contributed by atoms with E-state index >= 15 is 0 Å². The number of pyridine rings is 1. The molecule has 0 bridgehead atoms. The molecule has 0 unspecified atom stereocenters. The highest BCUT2D eigenvalue weighted by molar-refractivity contribution is 5.73. The average Bonchev–Trinajstić information content (AvgIpc) is 2.94. The smallest absolute Gasteiger partial charge is 0.219 e. The number of piperidine rings is 1. The molecule has 1 aromatic heterocycles. The molecule has 114 valence electrons. The van der Waals surface area contributed by atoms with E-state index in [2.05, 4.69) is 17.0 Å². The van der Waals surface area contributed by atoms with Gasteiger partial charge in [-0.2, -0.15) is 0 Å². The van der Waals surface area contributed by atoms with E-state index in [1.165, 1.54) is 0 Å². The normalized spacial score (nSPS) is 23.6. The summed E-state index contributed by atoms with van der Waals surface area (Å²) in [4.78, 5) is 20.2. The zero-order valence-corrected chi connectivity index (χ0v) is 12.5. The Morgan fingerprint density at radius 1 is 1.24 bits per heavy atom. The number of aliphatic hydroxyl groups excluding tert-OH is 1. The van der Waals surface area contributed by atoms with Crippen LogP contribution in [0.3, 0.4) is 0 Å². The first-order chi connectivity index (χ1) is 10.1. The van der Waals surface area contributed by atoms with E-state index in [0.29, 0.717) is 12.5 Å². The Bertz CT molecular complexity index is 512. The Balaban J connectivity index is 1.68. The Morgan fingerprint density at radius 2 is 2.00 bits per heavy atom. The van der Waals surface area contributed by atoms with Gasteiger partial charge in [-0.25, -0.2) is 4.98 Å². The number of carbonyl (C=O) groups is 1. The van der Waals surface area contributed by atoms with Crippen molar-refractivity contribution in [1.82, 2.24) is 9.88 Å². The largest absolute Gasteiger partial charge is 0.391 e. The number of rotatable bonds is 2. The fourth-order valence-corrected chi connectivity index (χ4v) is 3.28. The van der Waals surface area contributed by atoms with Crippen LogP contribution in [0.15, 0.2) is 18.2 Å². The van der Waals surface area contributed by atoms with Gasteiger partial charge < -0.3 is 14.9 Å². The highest BCUT2D eigenvalue weighted by Crippen LogP contribution is 2.28. The molecule has 1 N–H and O–H groups in total. The second kappa shape index (κ2) is 6.02. The third kappa shape index (κ3) is 3.18. The number of β-amino-alcohol motifs (C(OH)–C–C–N with tert-alkyl or cyclic N) is 1. The topological polar surface area (TPSA) is 56.7 Å². The molecule has 1 amide bonds. The number of anilines is 1. The second-order valence-electron chi connectivity index (χ2n) is 6.09. The SMILES string of the molecule is CC(=O)N1CCC(c2cccc(N3CC[C@@H](O)C3)n2)CC1. The number of nitrogens with zero attached hydrogens (tertiary/aromatic N) is 3. The summed E-state index contributed by atoms with van der Waals surface area (Å²) in [6, 6.07) is 6.16. The fraction of sp³-hybridized carbons (Fsp3) is 0.625. The number of hydrogen-bond acceptors (Lipinski definition) is 4. The first-order valence-corrected chi connectivity index (χ1v) is 7.79.